The molecule has 2 aromatic heterocycles. The molecule has 0 aliphatic rings. The predicted molar refractivity (Wildman–Crippen MR) is 58.3 cm³/mol. The number of nitrogens with one attached hydrogen (secondary N) is 1. The Hall–Kier alpha value is -1.98. The fourth-order valence-electron chi connectivity index (χ4n) is 1.37. The van der Waals surface area contributed by atoms with Crippen LogP contribution in [0, 0.1) is 0 Å². The zero-order valence-electron chi connectivity index (χ0n) is 8.59. The van der Waals surface area contributed by atoms with Gasteiger partial charge in [-0.2, -0.15) is 5.10 Å². The molecule has 0 fully saturated rings. The Bertz CT molecular complexity index is 416. The van der Waals surface area contributed by atoms with E-state index in [1.54, 1.807) is 23.4 Å². The first-order valence-corrected chi connectivity index (χ1v) is 4.74. The first-order valence-electron chi connectivity index (χ1n) is 4.74. The number of nitrogen functional groups attached to an aromatic ring is 1. The van der Waals surface area contributed by atoms with Crippen LogP contribution in [0.25, 0.3) is 0 Å². The molecule has 0 spiro atoms. The molecular formula is C9H14N6. The summed E-state index contributed by atoms with van der Waals surface area (Å²) >= 11 is 0. The van der Waals surface area contributed by atoms with Crippen LogP contribution in [-0.2, 0) is 13.6 Å². The predicted octanol–water partition coefficient (Wildman–Crippen LogP) is 0.311. The van der Waals surface area contributed by atoms with Crippen molar-refractivity contribution in [1.82, 2.24) is 19.3 Å². The van der Waals surface area contributed by atoms with Gasteiger partial charge in [-0.05, 0) is 0 Å². The largest absolute Gasteiger partial charge is 0.394 e. The van der Waals surface area contributed by atoms with Gasteiger partial charge >= 0.3 is 0 Å². The van der Waals surface area contributed by atoms with E-state index in [2.05, 4.69) is 15.4 Å². The normalized spacial score (nSPS) is 10.5. The lowest BCUT2D eigenvalue weighted by Gasteiger charge is -2.04. The number of hydrogen-bond donors (Lipinski definition) is 2. The number of hydrogen-bond acceptors (Lipinski definition) is 4. The number of nitrogens with zero attached hydrogens (tertiary/aromatic N) is 4. The maximum absolute atomic E-state index is 5.74. The smallest absolute Gasteiger partial charge is 0.171 e. The van der Waals surface area contributed by atoms with E-state index in [4.69, 9.17) is 5.73 Å². The molecule has 80 valence electrons. The summed E-state index contributed by atoms with van der Waals surface area (Å²) in [5.74, 6) is 0.734. The van der Waals surface area contributed by atoms with E-state index in [0.717, 1.165) is 18.9 Å². The van der Waals surface area contributed by atoms with Gasteiger partial charge in [0.25, 0.3) is 0 Å². The van der Waals surface area contributed by atoms with Crippen molar-refractivity contribution in [3.8, 4) is 0 Å². The molecule has 2 heterocycles. The van der Waals surface area contributed by atoms with Crippen LogP contribution in [0.3, 0.4) is 0 Å². The van der Waals surface area contributed by atoms with Crippen LogP contribution in [0.1, 0.15) is 0 Å². The van der Waals surface area contributed by atoms with Crippen LogP contribution < -0.4 is 11.1 Å². The number of nitrogens with two attached hydrogens (primary N) is 1. The van der Waals surface area contributed by atoms with Crippen LogP contribution >= 0.6 is 0 Å². The Morgan fingerprint density at radius 2 is 2.40 bits per heavy atom. The summed E-state index contributed by atoms with van der Waals surface area (Å²) in [6.45, 7) is 1.62. The van der Waals surface area contributed by atoms with Gasteiger partial charge in [0.05, 0.1) is 12.0 Å². The second-order valence-electron chi connectivity index (χ2n) is 3.33. The Kier molecular flexibility index (Phi) is 2.57. The topological polar surface area (TPSA) is 73.7 Å². The molecule has 0 saturated heterocycles. The second kappa shape index (κ2) is 4.04. The molecule has 0 unspecified atom stereocenters. The van der Waals surface area contributed by atoms with Crippen molar-refractivity contribution in [3.63, 3.8) is 0 Å². The fraction of sp³-hybridized carbons (Fsp3) is 0.333. The maximum atomic E-state index is 5.74. The summed E-state index contributed by atoms with van der Waals surface area (Å²) in [5, 5.41) is 7.35. The van der Waals surface area contributed by atoms with Gasteiger partial charge in [0.2, 0.25) is 0 Å². The second-order valence-corrected chi connectivity index (χ2v) is 3.33. The van der Waals surface area contributed by atoms with Gasteiger partial charge in [0, 0.05) is 38.7 Å². The number of aromatic nitrogens is 4. The zero-order chi connectivity index (χ0) is 10.7. The van der Waals surface area contributed by atoms with Gasteiger partial charge in [-0.3, -0.25) is 4.68 Å². The molecule has 6 nitrogen and oxygen atoms in total. The third-order valence-electron chi connectivity index (χ3n) is 2.08. The van der Waals surface area contributed by atoms with Crippen molar-refractivity contribution in [1.29, 1.82) is 0 Å². The van der Waals surface area contributed by atoms with Gasteiger partial charge in [-0.1, -0.05) is 0 Å². The lowest BCUT2D eigenvalue weighted by Crippen LogP contribution is -2.10. The van der Waals surface area contributed by atoms with Crippen LogP contribution in [0.15, 0.2) is 24.9 Å². The fourth-order valence-corrected chi connectivity index (χ4v) is 1.37. The summed E-state index contributed by atoms with van der Waals surface area (Å²) in [5.41, 5.74) is 6.41. The van der Waals surface area contributed by atoms with Crippen molar-refractivity contribution in [2.75, 3.05) is 17.6 Å². The highest BCUT2D eigenvalue weighted by atomic mass is 15.3. The molecule has 0 aromatic carbocycles. The van der Waals surface area contributed by atoms with Gasteiger partial charge < -0.3 is 15.6 Å². The minimum atomic E-state index is 0.670. The van der Waals surface area contributed by atoms with Crippen LogP contribution in [0.5, 0.6) is 0 Å². The summed E-state index contributed by atoms with van der Waals surface area (Å²) < 4.78 is 3.68. The van der Waals surface area contributed by atoms with E-state index in [1.165, 1.54) is 0 Å². The van der Waals surface area contributed by atoms with Gasteiger partial charge in [-0.15, -0.1) is 0 Å². The van der Waals surface area contributed by atoms with E-state index in [9.17, 15) is 0 Å². The van der Waals surface area contributed by atoms with Gasteiger partial charge in [-0.25, -0.2) is 4.98 Å². The molecule has 0 atom stereocenters. The first kappa shape index (κ1) is 9.57. The number of rotatable bonds is 4. The number of aryl methyl sites for hydroxylation is 1. The average molecular weight is 206 g/mol. The maximum Gasteiger partial charge on any atom is 0.171 e. The molecule has 0 radical (unpaired) electrons. The highest BCUT2D eigenvalue weighted by Crippen LogP contribution is 2.13. The van der Waals surface area contributed by atoms with Crippen molar-refractivity contribution in [2.24, 2.45) is 7.05 Å². The van der Waals surface area contributed by atoms with Crippen molar-refractivity contribution < 1.29 is 0 Å². The number of anilines is 2. The van der Waals surface area contributed by atoms with Crippen molar-refractivity contribution >= 4 is 11.5 Å². The molecule has 3 N–H and O–H groups in total. The Morgan fingerprint density at radius 1 is 1.53 bits per heavy atom. The summed E-state index contributed by atoms with van der Waals surface area (Å²) in [6, 6.07) is 0. The third kappa shape index (κ3) is 2.28. The standard InChI is InChI=1S/C9H14N6/c1-14-6-8(10)9(13-14)12-3-5-15-4-2-11-7-15/h2,4,6-7H,3,5,10H2,1H3,(H,12,13). The minimum absolute atomic E-state index is 0.670. The SMILES string of the molecule is Cn1cc(N)c(NCCn2ccnc2)n1. The quantitative estimate of drug-likeness (QED) is 0.755. The van der Waals surface area contributed by atoms with E-state index in [-0.39, 0.29) is 0 Å². The molecule has 2 aromatic rings. The third-order valence-corrected chi connectivity index (χ3v) is 2.08. The average Bonchev–Trinajstić information content (AvgIpc) is 2.77. The van der Waals surface area contributed by atoms with Crippen molar-refractivity contribution in [3.05, 3.63) is 24.9 Å². The zero-order valence-corrected chi connectivity index (χ0v) is 8.59. The molecule has 0 aliphatic heterocycles. The minimum Gasteiger partial charge on any atom is -0.394 e. The van der Waals surface area contributed by atoms with E-state index in [1.807, 2.05) is 17.8 Å². The van der Waals surface area contributed by atoms with E-state index in [0.29, 0.717) is 5.69 Å². The molecular weight excluding hydrogens is 192 g/mol. The molecule has 0 saturated carbocycles. The summed E-state index contributed by atoms with van der Waals surface area (Å²) in [4.78, 5) is 3.96. The Balaban J connectivity index is 1.86. The van der Waals surface area contributed by atoms with E-state index < -0.39 is 0 Å². The molecule has 0 bridgehead atoms. The first-order chi connectivity index (χ1) is 7.25. The summed E-state index contributed by atoms with van der Waals surface area (Å²) in [6.07, 6.45) is 7.24. The van der Waals surface area contributed by atoms with Crippen LogP contribution in [0.4, 0.5) is 11.5 Å². The van der Waals surface area contributed by atoms with Crippen molar-refractivity contribution in [2.45, 2.75) is 6.54 Å². The lowest BCUT2D eigenvalue weighted by atomic mass is 10.5. The highest BCUT2D eigenvalue weighted by Gasteiger charge is 2.02. The molecule has 0 amide bonds. The highest BCUT2D eigenvalue weighted by molar-refractivity contribution is 5.59. The molecule has 6 heteroatoms. The lowest BCUT2D eigenvalue weighted by molar-refractivity contribution is 0.719. The molecule has 15 heavy (non-hydrogen) atoms. The van der Waals surface area contributed by atoms with Crippen LogP contribution in [0.2, 0.25) is 0 Å². The van der Waals surface area contributed by atoms with Crippen LogP contribution in [-0.4, -0.2) is 25.9 Å². The molecule has 2 rings (SSSR count). The monoisotopic (exact) mass is 206 g/mol. The van der Waals surface area contributed by atoms with E-state index >= 15 is 0 Å². The van der Waals surface area contributed by atoms with Gasteiger partial charge in [0.1, 0.15) is 0 Å². The Labute approximate surface area is 87.7 Å². The number of imidazole rings is 1. The van der Waals surface area contributed by atoms with Gasteiger partial charge in [0.15, 0.2) is 5.82 Å². The Morgan fingerprint density at radius 3 is 3.00 bits per heavy atom. The summed E-state index contributed by atoms with van der Waals surface area (Å²) in [7, 11) is 1.84. The molecule has 0 aliphatic carbocycles.